The molecule has 1 aliphatic heterocycles. The van der Waals surface area contributed by atoms with Gasteiger partial charge >= 0.3 is 0 Å². The van der Waals surface area contributed by atoms with E-state index >= 15 is 0 Å². The van der Waals surface area contributed by atoms with E-state index in [-0.39, 0.29) is 17.9 Å². The van der Waals surface area contributed by atoms with Crippen LogP contribution >= 0.6 is 0 Å². The Labute approximate surface area is 177 Å². The second-order valence-electron chi connectivity index (χ2n) is 8.60. The van der Waals surface area contributed by atoms with Gasteiger partial charge in [0.2, 0.25) is 11.8 Å². The van der Waals surface area contributed by atoms with Gasteiger partial charge in [-0.2, -0.15) is 0 Å². The van der Waals surface area contributed by atoms with Crippen molar-refractivity contribution in [3.63, 3.8) is 0 Å². The molecule has 0 spiro atoms. The zero-order valence-corrected chi connectivity index (χ0v) is 17.7. The molecule has 1 aliphatic carbocycles. The van der Waals surface area contributed by atoms with Crippen molar-refractivity contribution in [1.82, 2.24) is 25.2 Å². The predicted molar refractivity (Wildman–Crippen MR) is 113 cm³/mol. The summed E-state index contributed by atoms with van der Waals surface area (Å²) < 4.78 is 1.70. The molecular formula is C23H31N5O2. The monoisotopic (exact) mass is 409 g/mol. The van der Waals surface area contributed by atoms with Crippen LogP contribution in [0.1, 0.15) is 74.9 Å². The van der Waals surface area contributed by atoms with Crippen LogP contribution < -0.4 is 5.32 Å². The van der Waals surface area contributed by atoms with Gasteiger partial charge in [0.25, 0.3) is 0 Å². The van der Waals surface area contributed by atoms with E-state index in [2.05, 4.69) is 15.6 Å². The molecule has 2 heterocycles. The summed E-state index contributed by atoms with van der Waals surface area (Å²) in [6, 6.07) is 9.59. The Hall–Kier alpha value is -2.70. The van der Waals surface area contributed by atoms with Crippen LogP contribution in [0.3, 0.4) is 0 Å². The van der Waals surface area contributed by atoms with Gasteiger partial charge in [0.15, 0.2) is 0 Å². The van der Waals surface area contributed by atoms with Gasteiger partial charge in [-0.25, -0.2) is 4.68 Å². The first-order chi connectivity index (χ1) is 14.6. The molecule has 0 bridgehead atoms. The number of carbonyl (C=O) groups excluding carboxylic acids is 2. The van der Waals surface area contributed by atoms with Crippen molar-refractivity contribution in [2.45, 2.75) is 77.5 Å². The molecule has 1 saturated carbocycles. The molecule has 0 radical (unpaired) electrons. The minimum Gasteiger partial charge on any atom is -0.350 e. The Morgan fingerprint density at radius 3 is 2.70 bits per heavy atom. The van der Waals surface area contributed by atoms with E-state index in [1.54, 1.807) is 4.68 Å². The zero-order valence-electron chi connectivity index (χ0n) is 17.7. The maximum absolute atomic E-state index is 12.8. The first kappa shape index (κ1) is 20.6. The normalized spacial score (nSPS) is 19.6. The van der Waals surface area contributed by atoms with Gasteiger partial charge in [-0.05, 0) is 24.8 Å². The maximum atomic E-state index is 12.8. The van der Waals surface area contributed by atoms with Crippen LogP contribution in [0.4, 0.5) is 0 Å². The number of amides is 2. The molecule has 30 heavy (non-hydrogen) atoms. The van der Waals surface area contributed by atoms with Crippen LogP contribution in [-0.4, -0.2) is 31.7 Å². The third-order valence-corrected chi connectivity index (χ3v) is 6.42. The standard InChI is InChI=1S/C23H31N5O2/c1-17-23(30)27(15-19-10-6-3-7-11-19)16-21-20(25-26-28(17)21)14-24-22(29)13-12-18-8-4-2-5-9-18/h3,6-7,10-11,17-18H,2,4-5,8-9,12-16H2,1H3,(H,24,29). The number of nitrogens with one attached hydrogen (secondary N) is 1. The zero-order chi connectivity index (χ0) is 20.9. The first-order valence-electron chi connectivity index (χ1n) is 11.1. The van der Waals surface area contributed by atoms with E-state index < -0.39 is 0 Å². The van der Waals surface area contributed by atoms with Gasteiger partial charge in [0.1, 0.15) is 11.7 Å². The second kappa shape index (κ2) is 9.41. The fourth-order valence-electron chi connectivity index (χ4n) is 4.61. The highest BCUT2D eigenvalue weighted by molar-refractivity contribution is 5.81. The Bertz CT molecular complexity index is 873. The molecule has 2 amide bonds. The molecule has 0 saturated heterocycles. The Balaban J connectivity index is 1.35. The number of fused-ring (bicyclic) bond motifs is 1. The number of carbonyl (C=O) groups is 2. The number of rotatable bonds is 7. The summed E-state index contributed by atoms with van der Waals surface area (Å²) in [6.07, 6.45) is 8.00. The SMILES string of the molecule is CC1C(=O)N(Cc2ccccc2)Cc2c(CNC(=O)CCC3CCCCC3)nnn21. The average molecular weight is 410 g/mol. The third-order valence-electron chi connectivity index (χ3n) is 6.42. The van der Waals surface area contributed by atoms with Crippen molar-refractivity contribution in [2.75, 3.05) is 0 Å². The molecule has 2 aromatic rings. The molecule has 4 rings (SSSR count). The van der Waals surface area contributed by atoms with Crippen LogP contribution in [0.15, 0.2) is 30.3 Å². The average Bonchev–Trinajstić information content (AvgIpc) is 3.18. The molecule has 160 valence electrons. The van der Waals surface area contributed by atoms with Gasteiger partial charge in [-0.15, -0.1) is 5.10 Å². The first-order valence-corrected chi connectivity index (χ1v) is 11.1. The third kappa shape index (κ3) is 4.71. The van der Waals surface area contributed by atoms with Crippen LogP contribution in [0.2, 0.25) is 0 Å². The van der Waals surface area contributed by atoms with E-state index in [0.29, 0.717) is 32.0 Å². The lowest BCUT2D eigenvalue weighted by atomic mass is 9.86. The molecule has 1 aromatic heterocycles. The van der Waals surface area contributed by atoms with E-state index in [4.69, 9.17) is 0 Å². The molecule has 7 nitrogen and oxygen atoms in total. The van der Waals surface area contributed by atoms with E-state index in [9.17, 15) is 9.59 Å². The molecule has 7 heteroatoms. The van der Waals surface area contributed by atoms with Crippen molar-refractivity contribution in [1.29, 1.82) is 0 Å². The van der Waals surface area contributed by atoms with Crippen molar-refractivity contribution in [3.8, 4) is 0 Å². The highest BCUT2D eigenvalue weighted by Crippen LogP contribution is 2.27. The fraction of sp³-hybridized carbons (Fsp3) is 0.565. The Morgan fingerprint density at radius 2 is 1.93 bits per heavy atom. The van der Waals surface area contributed by atoms with Crippen molar-refractivity contribution in [2.24, 2.45) is 5.92 Å². The fourth-order valence-corrected chi connectivity index (χ4v) is 4.61. The minimum atomic E-state index is -0.388. The summed E-state index contributed by atoms with van der Waals surface area (Å²) in [5.41, 5.74) is 2.75. The molecule has 2 aliphatic rings. The van der Waals surface area contributed by atoms with Crippen LogP contribution in [-0.2, 0) is 29.2 Å². The van der Waals surface area contributed by atoms with Crippen molar-refractivity contribution in [3.05, 3.63) is 47.3 Å². The molecule has 1 fully saturated rings. The van der Waals surface area contributed by atoms with Gasteiger partial charge in [0, 0.05) is 13.0 Å². The van der Waals surface area contributed by atoms with E-state index in [0.717, 1.165) is 23.4 Å². The topological polar surface area (TPSA) is 80.1 Å². The van der Waals surface area contributed by atoms with Crippen LogP contribution in [0.25, 0.3) is 0 Å². The Morgan fingerprint density at radius 1 is 1.17 bits per heavy atom. The number of benzene rings is 1. The van der Waals surface area contributed by atoms with Gasteiger partial charge in [0.05, 0.1) is 18.8 Å². The Kier molecular flexibility index (Phi) is 6.45. The smallest absolute Gasteiger partial charge is 0.247 e. The molecule has 1 N–H and O–H groups in total. The maximum Gasteiger partial charge on any atom is 0.247 e. The van der Waals surface area contributed by atoms with Crippen LogP contribution in [0, 0.1) is 5.92 Å². The number of nitrogens with zero attached hydrogens (tertiary/aromatic N) is 4. The summed E-state index contributed by atoms with van der Waals surface area (Å²) in [6.45, 7) is 3.23. The molecule has 1 aromatic carbocycles. The molecular weight excluding hydrogens is 378 g/mol. The molecule has 1 atom stereocenters. The van der Waals surface area contributed by atoms with E-state index in [1.807, 2.05) is 42.2 Å². The summed E-state index contributed by atoms with van der Waals surface area (Å²) >= 11 is 0. The van der Waals surface area contributed by atoms with Crippen LogP contribution in [0.5, 0.6) is 0 Å². The quantitative estimate of drug-likeness (QED) is 0.760. The summed E-state index contributed by atoms with van der Waals surface area (Å²) in [5, 5.41) is 11.5. The van der Waals surface area contributed by atoms with Crippen molar-refractivity contribution < 1.29 is 9.59 Å². The summed E-state index contributed by atoms with van der Waals surface area (Å²) in [5.74, 6) is 0.813. The van der Waals surface area contributed by atoms with Crippen molar-refractivity contribution >= 4 is 11.8 Å². The second-order valence-corrected chi connectivity index (χ2v) is 8.60. The highest BCUT2D eigenvalue weighted by atomic mass is 16.2. The van der Waals surface area contributed by atoms with Gasteiger partial charge in [-0.3, -0.25) is 9.59 Å². The highest BCUT2D eigenvalue weighted by Gasteiger charge is 2.33. The number of hydrogen-bond acceptors (Lipinski definition) is 4. The predicted octanol–water partition coefficient (Wildman–Crippen LogP) is 3.36. The summed E-state index contributed by atoms with van der Waals surface area (Å²) in [4.78, 5) is 27.0. The lowest BCUT2D eigenvalue weighted by Crippen LogP contribution is -2.41. The largest absolute Gasteiger partial charge is 0.350 e. The number of hydrogen-bond donors (Lipinski definition) is 1. The molecule has 1 unspecified atom stereocenters. The van der Waals surface area contributed by atoms with Gasteiger partial charge in [-0.1, -0.05) is 67.6 Å². The minimum absolute atomic E-state index is 0.0410. The van der Waals surface area contributed by atoms with Gasteiger partial charge < -0.3 is 10.2 Å². The van der Waals surface area contributed by atoms with E-state index in [1.165, 1.54) is 32.1 Å². The summed E-state index contributed by atoms with van der Waals surface area (Å²) in [7, 11) is 0. The lowest BCUT2D eigenvalue weighted by molar-refractivity contribution is -0.138. The number of aromatic nitrogens is 3. The lowest BCUT2D eigenvalue weighted by Gasteiger charge is -2.31.